The highest BCUT2D eigenvalue weighted by molar-refractivity contribution is 6.10. The second kappa shape index (κ2) is 7.76. The molecule has 5 nitrogen and oxygen atoms in total. The van der Waals surface area contributed by atoms with E-state index in [0.29, 0.717) is 6.61 Å². The molecule has 0 saturated carbocycles. The van der Waals surface area contributed by atoms with Gasteiger partial charge in [0, 0.05) is 41.8 Å². The number of hydrogen-bond acceptors (Lipinski definition) is 4. The van der Waals surface area contributed by atoms with E-state index in [1.807, 2.05) is 24.3 Å². The van der Waals surface area contributed by atoms with Gasteiger partial charge in [-0.1, -0.05) is 48.5 Å². The molecule has 0 radical (unpaired) electrons. The van der Waals surface area contributed by atoms with Crippen molar-refractivity contribution in [3.8, 4) is 16.9 Å². The Balaban J connectivity index is 1.56. The monoisotopic (exact) mass is 426 g/mol. The molecular formula is C27H26N2O3. The van der Waals surface area contributed by atoms with E-state index in [2.05, 4.69) is 46.7 Å². The lowest BCUT2D eigenvalue weighted by atomic mass is 9.93. The van der Waals surface area contributed by atoms with Crippen LogP contribution in [-0.4, -0.2) is 55.2 Å². The van der Waals surface area contributed by atoms with Crippen LogP contribution in [0.2, 0.25) is 0 Å². The molecule has 0 N–H and O–H groups in total. The van der Waals surface area contributed by atoms with Crippen molar-refractivity contribution in [1.29, 1.82) is 0 Å². The van der Waals surface area contributed by atoms with Crippen LogP contribution < -0.4 is 4.74 Å². The van der Waals surface area contributed by atoms with E-state index >= 15 is 0 Å². The maximum Gasteiger partial charge on any atom is 0.151 e. The number of hydrogen-bond donors (Lipinski definition) is 0. The average Bonchev–Trinajstić information content (AvgIpc) is 3.14. The first-order valence-electron chi connectivity index (χ1n) is 11.3. The van der Waals surface area contributed by atoms with Gasteiger partial charge in [0.15, 0.2) is 6.29 Å². The summed E-state index contributed by atoms with van der Waals surface area (Å²) >= 11 is 0. The Morgan fingerprint density at radius 2 is 1.81 bits per heavy atom. The fourth-order valence-electron chi connectivity index (χ4n) is 5.49. The number of aldehydes is 1. The normalized spacial score (nSPS) is 18.7. The third-order valence-electron chi connectivity index (χ3n) is 6.96. The van der Waals surface area contributed by atoms with E-state index in [1.165, 1.54) is 5.69 Å². The molecule has 32 heavy (non-hydrogen) atoms. The van der Waals surface area contributed by atoms with Crippen molar-refractivity contribution in [3.05, 3.63) is 65.9 Å². The van der Waals surface area contributed by atoms with Gasteiger partial charge in [-0.3, -0.25) is 9.69 Å². The number of para-hydroxylation sites is 1. The number of fused-ring (bicyclic) bond motifs is 1. The van der Waals surface area contributed by atoms with E-state index in [4.69, 9.17) is 9.47 Å². The van der Waals surface area contributed by atoms with Crippen LogP contribution in [0, 0.1) is 6.92 Å². The van der Waals surface area contributed by atoms with Crippen LogP contribution in [0.5, 0.6) is 5.75 Å². The summed E-state index contributed by atoms with van der Waals surface area (Å²) in [4.78, 5) is 14.8. The number of carbonyl (C=O) groups is 1. The highest BCUT2D eigenvalue weighted by Crippen LogP contribution is 2.44. The summed E-state index contributed by atoms with van der Waals surface area (Å²) in [5.41, 5.74) is 5.19. The Morgan fingerprint density at radius 1 is 1.00 bits per heavy atom. The fraction of sp³-hybridized carbons (Fsp3) is 0.296. The lowest BCUT2D eigenvalue weighted by Crippen LogP contribution is -2.42. The number of ether oxygens (including phenoxy) is 2. The molecule has 5 heteroatoms. The van der Waals surface area contributed by atoms with Crippen LogP contribution in [0.4, 0.5) is 0 Å². The summed E-state index contributed by atoms with van der Waals surface area (Å²) in [5.74, 6) is 0.920. The minimum absolute atomic E-state index is 0.222. The lowest BCUT2D eigenvalue weighted by Gasteiger charge is -2.34. The molecule has 1 atom stereocenters. The molecule has 3 heterocycles. The van der Waals surface area contributed by atoms with Gasteiger partial charge in [-0.05, 0) is 29.3 Å². The maximum absolute atomic E-state index is 12.3. The number of carbonyl (C=O) groups excluding carboxylic acids is 1. The minimum Gasteiger partial charge on any atom is -0.489 e. The first-order chi connectivity index (χ1) is 15.8. The predicted molar refractivity (Wildman–Crippen MR) is 127 cm³/mol. The van der Waals surface area contributed by atoms with E-state index in [-0.39, 0.29) is 6.04 Å². The van der Waals surface area contributed by atoms with Crippen molar-refractivity contribution in [2.24, 2.45) is 0 Å². The van der Waals surface area contributed by atoms with Crippen LogP contribution in [0.1, 0.15) is 22.1 Å². The first kappa shape index (κ1) is 19.5. The molecule has 3 aromatic carbocycles. The van der Waals surface area contributed by atoms with Crippen molar-refractivity contribution < 1.29 is 14.3 Å². The first-order valence-corrected chi connectivity index (χ1v) is 11.3. The van der Waals surface area contributed by atoms with E-state index in [9.17, 15) is 4.79 Å². The van der Waals surface area contributed by atoms with Crippen LogP contribution in [0.15, 0.2) is 54.6 Å². The summed E-state index contributed by atoms with van der Waals surface area (Å²) in [6.07, 6.45) is 1.01. The van der Waals surface area contributed by atoms with Gasteiger partial charge in [-0.2, -0.15) is 0 Å². The Bertz CT molecular complexity index is 1330. The van der Waals surface area contributed by atoms with E-state index in [0.717, 1.165) is 83.2 Å². The van der Waals surface area contributed by atoms with Gasteiger partial charge in [0.05, 0.1) is 24.8 Å². The number of nitrogens with zero attached hydrogens (tertiary/aromatic N) is 2. The summed E-state index contributed by atoms with van der Waals surface area (Å²) in [5, 5.41) is 3.22. The SMILES string of the molecule is Cc1c(-c2ccc3ccccc3c2C=O)c2cccc3c2n1[C@H](CN1CCOCC1)CO3. The zero-order valence-corrected chi connectivity index (χ0v) is 18.2. The zero-order valence-electron chi connectivity index (χ0n) is 18.2. The predicted octanol–water partition coefficient (Wildman–Crippen LogP) is 4.85. The van der Waals surface area contributed by atoms with Crippen LogP contribution >= 0.6 is 0 Å². The van der Waals surface area contributed by atoms with Gasteiger partial charge in [-0.15, -0.1) is 0 Å². The number of morpholine rings is 1. The molecular weight excluding hydrogens is 400 g/mol. The van der Waals surface area contributed by atoms with Crippen LogP contribution in [0.3, 0.4) is 0 Å². The largest absolute Gasteiger partial charge is 0.489 e. The fourth-order valence-corrected chi connectivity index (χ4v) is 5.49. The standard InChI is InChI=1S/C27H26N2O3/c1-18-26(22-10-9-19-5-2-3-6-21(19)24(22)16-30)23-7-4-8-25-27(23)29(18)20(17-32-25)15-28-11-13-31-14-12-28/h2-10,16,20H,11-15,17H2,1H3/t20-/m1/s1. The summed E-state index contributed by atoms with van der Waals surface area (Å²) in [6.45, 7) is 7.24. The molecule has 0 aliphatic carbocycles. The minimum atomic E-state index is 0.222. The maximum atomic E-state index is 12.3. The topological polar surface area (TPSA) is 43.7 Å². The van der Waals surface area contributed by atoms with Crippen molar-refractivity contribution in [1.82, 2.24) is 9.47 Å². The molecule has 2 aliphatic rings. The summed E-state index contributed by atoms with van der Waals surface area (Å²) < 4.78 is 14.2. The van der Waals surface area contributed by atoms with Crippen molar-refractivity contribution in [3.63, 3.8) is 0 Å². The van der Waals surface area contributed by atoms with Gasteiger partial charge in [-0.25, -0.2) is 0 Å². The van der Waals surface area contributed by atoms with E-state index < -0.39 is 0 Å². The van der Waals surface area contributed by atoms with Crippen LogP contribution in [0.25, 0.3) is 32.8 Å². The molecule has 0 spiro atoms. The van der Waals surface area contributed by atoms with Gasteiger partial charge in [0.2, 0.25) is 0 Å². The van der Waals surface area contributed by atoms with Gasteiger partial charge in [0.1, 0.15) is 12.4 Å². The number of rotatable bonds is 4. The van der Waals surface area contributed by atoms with E-state index in [1.54, 1.807) is 0 Å². The summed E-state index contributed by atoms with van der Waals surface area (Å²) in [7, 11) is 0. The molecule has 6 rings (SSSR count). The molecule has 1 fully saturated rings. The molecule has 1 saturated heterocycles. The van der Waals surface area contributed by atoms with Gasteiger partial charge >= 0.3 is 0 Å². The quantitative estimate of drug-likeness (QED) is 0.438. The van der Waals surface area contributed by atoms with Crippen molar-refractivity contribution in [2.75, 3.05) is 39.5 Å². The third kappa shape index (κ3) is 2.96. The molecule has 0 unspecified atom stereocenters. The summed E-state index contributed by atoms with van der Waals surface area (Å²) in [6, 6.07) is 18.8. The lowest BCUT2D eigenvalue weighted by molar-refractivity contribution is 0.0272. The molecule has 162 valence electrons. The molecule has 4 aromatic rings. The Hall–Kier alpha value is -3.15. The van der Waals surface area contributed by atoms with Crippen LogP contribution in [-0.2, 0) is 4.74 Å². The smallest absolute Gasteiger partial charge is 0.151 e. The molecule has 0 bridgehead atoms. The number of benzene rings is 3. The Labute approximate surface area is 187 Å². The zero-order chi connectivity index (χ0) is 21.7. The van der Waals surface area contributed by atoms with Gasteiger partial charge < -0.3 is 14.0 Å². The van der Waals surface area contributed by atoms with Gasteiger partial charge in [0.25, 0.3) is 0 Å². The second-order valence-electron chi connectivity index (χ2n) is 8.73. The number of aromatic nitrogens is 1. The van der Waals surface area contributed by atoms with Crippen molar-refractivity contribution >= 4 is 28.0 Å². The molecule has 1 aromatic heterocycles. The Kier molecular flexibility index (Phi) is 4.74. The molecule has 0 amide bonds. The highest BCUT2D eigenvalue weighted by Gasteiger charge is 2.30. The Morgan fingerprint density at radius 3 is 2.66 bits per heavy atom. The van der Waals surface area contributed by atoms with Crippen molar-refractivity contribution in [2.45, 2.75) is 13.0 Å². The highest BCUT2D eigenvalue weighted by atomic mass is 16.5. The average molecular weight is 427 g/mol. The second-order valence-corrected chi connectivity index (χ2v) is 8.73. The molecule has 2 aliphatic heterocycles. The third-order valence-corrected chi connectivity index (χ3v) is 6.96.